The molecule has 2 aromatic rings. The third kappa shape index (κ3) is 4.09. The van der Waals surface area contributed by atoms with E-state index in [9.17, 15) is 8.78 Å². The average molecular weight is 355 g/mol. The van der Waals surface area contributed by atoms with E-state index in [1.54, 1.807) is 0 Å². The van der Waals surface area contributed by atoms with Crippen LogP contribution in [-0.2, 0) is 12.8 Å². The molecule has 0 amide bonds. The molecule has 0 aliphatic carbocycles. The van der Waals surface area contributed by atoms with Crippen LogP contribution in [0.1, 0.15) is 16.7 Å². The minimum Gasteiger partial charge on any atom is -0.271 e. The molecule has 2 aromatic carbocycles. The number of hydrogen-bond donors (Lipinski definition) is 2. The molecule has 112 valence electrons. The van der Waals surface area contributed by atoms with Gasteiger partial charge in [-0.2, -0.15) is 0 Å². The Balaban J connectivity index is 2.18. The smallest absolute Gasteiger partial charge is 0.143 e. The lowest BCUT2D eigenvalue weighted by Gasteiger charge is -2.17. The zero-order valence-corrected chi connectivity index (χ0v) is 13.3. The number of aryl methyl sites for hydroxylation is 1. The van der Waals surface area contributed by atoms with Gasteiger partial charge in [0.25, 0.3) is 0 Å². The topological polar surface area (TPSA) is 38.0 Å². The van der Waals surface area contributed by atoms with Gasteiger partial charge in [-0.3, -0.25) is 11.3 Å². The second-order valence-corrected chi connectivity index (χ2v) is 5.94. The van der Waals surface area contributed by atoms with E-state index >= 15 is 0 Å². The maximum atomic E-state index is 14.0. The molecule has 3 N–H and O–H groups in total. The largest absolute Gasteiger partial charge is 0.271 e. The molecular weight excluding hydrogens is 338 g/mol. The van der Waals surface area contributed by atoms with E-state index in [4.69, 9.17) is 5.84 Å². The fourth-order valence-electron chi connectivity index (χ4n) is 2.32. The van der Waals surface area contributed by atoms with Gasteiger partial charge in [0.1, 0.15) is 11.6 Å². The van der Waals surface area contributed by atoms with Gasteiger partial charge in [0.2, 0.25) is 0 Å². The van der Waals surface area contributed by atoms with Crippen molar-refractivity contribution >= 4 is 15.9 Å². The highest BCUT2D eigenvalue weighted by Crippen LogP contribution is 2.23. The molecule has 1 atom stereocenters. The second kappa shape index (κ2) is 7.11. The van der Waals surface area contributed by atoms with E-state index in [-0.39, 0.29) is 22.5 Å². The van der Waals surface area contributed by atoms with Crippen LogP contribution in [-0.4, -0.2) is 6.04 Å². The van der Waals surface area contributed by atoms with Crippen molar-refractivity contribution in [1.29, 1.82) is 0 Å². The molecule has 0 aliphatic rings. The van der Waals surface area contributed by atoms with Gasteiger partial charge in [-0.05, 0) is 53.4 Å². The number of nitrogens with two attached hydrogens (primary N) is 1. The van der Waals surface area contributed by atoms with Crippen molar-refractivity contribution in [2.45, 2.75) is 25.8 Å². The standard InChI is InChI=1S/C16H17BrF2N2/c1-10-3-2-4-11(7-10)8-12(21-20)9-13-15(18)6-5-14(17)16(13)19/h2-7,12,21H,8-9,20H2,1H3. The monoisotopic (exact) mass is 354 g/mol. The van der Waals surface area contributed by atoms with Gasteiger partial charge in [-0.1, -0.05) is 29.8 Å². The van der Waals surface area contributed by atoms with Crippen molar-refractivity contribution in [1.82, 2.24) is 5.43 Å². The molecule has 0 heterocycles. The second-order valence-electron chi connectivity index (χ2n) is 5.08. The Morgan fingerprint density at radius 1 is 1.19 bits per heavy atom. The van der Waals surface area contributed by atoms with E-state index in [0.717, 1.165) is 11.1 Å². The van der Waals surface area contributed by atoms with Gasteiger partial charge >= 0.3 is 0 Å². The first kappa shape index (κ1) is 16.1. The van der Waals surface area contributed by atoms with Crippen molar-refractivity contribution in [3.05, 3.63) is 69.2 Å². The fourth-order valence-corrected chi connectivity index (χ4v) is 2.69. The van der Waals surface area contributed by atoms with Gasteiger partial charge in [0.15, 0.2) is 0 Å². The summed E-state index contributed by atoms with van der Waals surface area (Å²) in [6.45, 7) is 2.00. The highest BCUT2D eigenvalue weighted by Gasteiger charge is 2.17. The predicted octanol–water partition coefficient (Wildman–Crippen LogP) is 3.65. The normalized spacial score (nSPS) is 12.4. The molecule has 0 aromatic heterocycles. The quantitative estimate of drug-likeness (QED) is 0.488. The van der Waals surface area contributed by atoms with Crippen molar-refractivity contribution < 1.29 is 8.78 Å². The molecule has 0 radical (unpaired) electrons. The molecule has 21 heavy (non-hydrogen) atoms. The summed E-state index contributed by atoms with van der Waals surface area (Å²) in [6, 6.07) is 10.3. The zero-order chi connectivity index (χ0) is 15.4. The molecule has 2 rings (SSSR count). The van der Waals surface area contributed by atoms with Crippen molar-refractivity contribution in [3.63, 3.8) is 0 Å². The third-order valence-corrected chi connectivity index (χ3v) is 4.00. The van der Waals surface area contributed by atoms with Gasteiger partial charge in [0.05, 0.1) is 4.47 Å². The zero-order valence-electron chi connectivity index (χ0n) is 11.7. The van der Waals surface area contributed by atoms with Crippen LogP contribution in [0, 0.1) is 18.6 Å². The van der Waals surface area contributed by atoms with Gasteiger partial charge in [-0.15, -0.1) is 0 Å². The summed E-state index contributed by atoms with van der Waals surface area (Å²) in [5.74, 6) is 4.41. The van der Waals surface area contributed by atoms with Crippen LogP contribution >= 0.6 is 15.9 Å². The number of rotatable bonds is 5. The van der Waals surface area contributed by atoms with Crippen LogP contribution in [0.5, 0.6) is 0 Å². The minimum absolute atomic E-state index is 0.0416. The molecule has 0 spiro atoms. The van der Waals surface area contributed by atoms with Crippen LogP contribution in [0.2, 0.25) is 0 Å². The molecule has 0 fully saturated rings. The molecular formula is C16H17BrF2N2. The lowest BCUT2D eigenvalue weighted by molar-refractivity contribution is 0.483. The Bertz CT molecular complexity index is 632. The summed E-state index contributed by atoms with van der Waals surface area (Å²) >= 11 is 3.08. The molecule has 0 bridgehead atoms. The Labute approximate surface area is 131 Å². The molecule has 2 nitrogen and oxygen atoms in total. The summed E-state index contributed by atoms with van der Waals surface area (Å²) in [7, 11) is 0. The average Bonchev–Trinajstić information content (AvgIpc) is 2.46. The summed E-state index contributed by atoms with van der Waals surface area (Å²) in [5.41, 5.74) is 4.90. The van der Waals surface area contributed by atoms with Crippen LogP contribution in [0.3, 0.4) is 0 Å². The van der Waals surface area contributed by atoms with Gasteiger partial charge < -0.3 is 0 Å². The van der Waals surface area contributed by atoms with Gasteiger partial charge in [-0.25, -0.2) is 8.78 Å². The molecule has 0 saturated carbocycles. The molecule has 0 saturated heterocycles. The highest BCUT2D eigenvalue weighted by molar-refractivity contribution is 9.10. The maximum absolute atomic E-state index is 14.0. The van der Waals surface area contributed by atoms with Crippen LogP contribution < -0.4 is 11.3 Å². The van der Waals surface area contributed by atoms with E-state index < -0.39 is 11.6 Å². The maximum Gasteiger partial charge on any atom is 0.143 e. The Morgan fingerprint density at radius 2 is 1.95 bits per heavy atom. The van der Waals surface area contributed by atoms with E-state index in [1.165, 1.54) is 12.1 Å². The minimum atomic E-state index is -0.570. The van der Waals surface area contributed by atoms with E-state index in [2.05, 4.69) is 21.4 Å². The summed E-state index contributed by atoms with van der Waals surface area (Å²) in [5, 5.41) is 0. The van der Waals surface area contributed by atoms with E-state index in [1.807, 2.05) is 31.2 Å². The number of nitrogens with one attached hydrogen (secondary N) is 1. The molecule has 5 heteroatoms. The SMILES string of the molecule is Cc1cccc(CC(Cc2c(F)ccc(Br)c2F)NN)c1. The Hall–Kier alpha value is -1.30. The number of hydrogen-bond acceptors (Lipinski definition) is 2. The Kier molecular flexibility index (Phi) is 5.45. The summed E-state index contributed by atoms with van der Waals surface area (Å²) in [4.78, 5) is 0. The van der Waals surface area contributed by atoms with Crippen LogP contribution in [0.25, 0.3) is 0 Å². The molecule has 1 unspecified atom stereocenters. The van der Waals surface area contributed by atoms with E-state index in [0.29, 0.717) is 6.42 Å². The number of halogens is 3. The first-order chi connectivity index (χ1) is 10.0. The Morgan fingerprint density at radius 3 is 2.62 bits per heavy atom. The van der Waals surface area contributed by atoms with Crippen LogP contribution in [0.4, 0.5) is 8.78 Å². The van der Waals surface area contributed by atoms with Crippen molar-refractivity contribution in [2.75, 3.05) is 0 Å². The highest BCUT2D eigenvalue weighted by atomic mass is 79.9. The first-order valence-electron chi connectivity index (χ1n) is 6.65. The van der Waals surface area contributed by atoms with Crippen molar-refractivity contribution in [3.8, 4) is 0 Å². The lowest BCUT2D eigenvalue weighted by Crippen LogP contribution is -2.38. The number of benzene rings is 2. The summed E-state index contributed by atoms with van der Waals surface area (Å²) in [6.07, 6.45) is 0.783. The van der Waals surface area contributed by atoms with Crippen LogP contribution in [0.15, 0.2) is 40.9 Å². The fraction of sp³-hybridized carbons (Fsp3) is 0.250. The van der Waals surface area contributed by atoms with Crippen molar-refractivity contribution in [2.24, 2.45) is 5.84 Å². The summed E-state index contributed by atoms with van der Waals surface area (Å²) < 4.78 is 28.1. The predicted molar refractivity (Wildman–Crippen MR) is 83.8 cm³/mol. The first-order valence-corrected chi connectivity index (χ1v) is 7.44. The third-order valence-electron chi connectivity index (χ3n) is 3.39. The lowest BCUT2D eigenvalue weighted by atomic mass is 9.98. The van der Waals surface area contributed by atoms with Gasteiger partial charge in [0, 0.05) is 11.6 Å². The molecule has 0 aliphatic heterocycles. The number of hydrazine groups is 1.